The van der Waals surface area contributed by atoms with E-state index in [1.807, 2.05) is 57.2 Å². The molecular formula is C17H21NO3. The standard InChI is InChI=1S/C17H21NO3/c1-17(2,3)21-16(20)18-10-9-15(19)14(12-18)11-13-7-5-4-6-8-13/h4-8,11H,9-10,12H2,1-3H3/b14-11+. The number of hydrogen-bond donors (Lipinski definition) is 0. The van der Waals surface area contributed by atoms with Gasteiger partial charge in [-0.1, -0.05) is 30.3 Å². The van der Waals surface area contributed by atoms with Crippen LogP contribution >= 0.6 is 0 Å². The molecule has 1 aromatic rings. The van der Waals surface area contributed by atoms with Crippen LogP contribution < -0.4 is 0 Å². The van der Waals surface area contributed by atoms with E-state index < -0.39 is 5.60 Å². The number of piperidine rings is 1. The molecular weight excluding hydrogens is 266 g/mol. The molecule has 2 rings (SSSR count). The van der Waals surface area contributed by atoms with Gasteiger partial charge in [0, 0.05) is 18.5 Å². The topological polar surface area (TPSA) is 46.6 Å². The first-order valence-electron chi connectivity index (χ1n) is 7.12. The number of Topliss-reactive ketones (excluding diaryl/α,β-unsaturated/α-hetero) is 1. The molecule has 1 saturated heterocycles. The Labute approximate surface area is 125 Å². The fourth-order valence-electron chi connectivity index (χ4n) is 2.13. The van der Waals surface area contributed by atoms with E-state index in [9.17, 15) is 9.59 Å². The lowest BCUT2D eigenvalue weighted by molar-refractivity contribution is -0.117. The predicted molar refractivity (Wildman–Crippen MR) is 81.9 cm³/mol. The number of likely N-dealkylation sites (tertiary alicyclic amines) is 1. The van der Waals surface area contributed by atoms with Crippen LogP contribution in [0.1, 0.15) is 32.8 Å². The Kier molecular flexibility index (Phi) is 4.46. The molecule has 4 nitrogen and oxygen atoms in total. The summed E-state index contributed by atoms with van der Waals surface area (Å²) in [7, 11) is 0. The van der Waals surface area contributed by atoms with Gasteiger partial charge in [-0.15, -0.1) is 0 Å². The van der Waals surface area contributed by atoms with Gasteiger partial charge in [0.15, 0.2) is 5.78 Å². The van der Waals surface area contributed by atoms with Gasteiger partial charge in [0.1, 0.15) is 5.60 Å². The molecule has 0 N–H and O–H groups in total. The van der Waals surface area contributed by atoms with E-state index in [4.69, 9.17) is 4.74 Å². The summed E-state index contributed by atoms with van der Waals surface area (Å²) >= 11 is 0. The van der Waals surface area contributed by atoms with E-state index in [2.05, 4.69) is 0 Å². The maximum absolute atomic E-state index is 12.1. The summed E-state index contributed by atoms with van der Waals surface area (Å²) in [6.45, 7) is 6.23. The molecule has 1 aromatic carbocycles. The number of carbonyl (C=O) groups is 2. The quantitative estimate of drug-likeness (QED) is 0.745. The number of ether oxygens (including phenoxy) is 1. The molecule has 0 aromatic heterocycles. The molecule has 0 saturated carbocycles. The molecule has 1 aliphatic rings. The molecule has 0 spiro atoms. The summed E-state index contributed by atoms with van der Waals surface area (Å²) in [6.07, 6.45) is 1.82. The van der Waals surface area contributed by atoms with Crippen molar-refractivity contribution in [3.63, 3.8) is 0 Å². The van der Waals surface area contributed by atoms with Crippen LogP contribution in [0.3, 0.4) is 0 Å². The van der Waals surface area contributed by atoms with Crippen LogP contribution in [0.4, 0.5) is 4.79 Å². The Balaban J connectivity index is 2.11. The molecule has 1 amide bonds. The lowest BCUT2D eigenvalue weighted by atomic mass is 10.0. The van der Waals surface area contributed by atoms with Crippen LogP contribution in [-0.4, -0.2) is 35.5 Å². The zero-order valence-corrected chi connectivity index (χ0v) is 12.8. The predicted octanol–water partition coefficient (Wildman–Crippen LogP) is 3.28. The molecule has 0 atom stereocenters. The number of hydrogen-bond acceptors (Lipinski definition) is 3. The Bertz CT molecular complexity index is 555. The van der Waals surface area contributed by atoms with Crippen LogP contribution in [-0.2, 0) is 9.53 Å². The van der Waals surface area contributed by atoms with Crippen molar-refractivity contribution in [1.29, 1.82) is 0 Å². The number of nitrogens with zero attached hydrogens (tertiary/aromatic N) is 1. The maximum atomic E-state index is 12.1. The minimum absolute atomic E-state index is 0.0960. The number of amides is 1. The normalized spacial score (nSPS) is 18.0. The van der Waals surface area contributed by atoms with E-state index in [0.717, 1.165) is 5.56 Å². The monoisotopic (exact) mass is 287 g/mol. The number of benzene rings is 1. The SMILES string of the molecule is CC(C)(C)OC(=O)N1CCC(=O)/C(=C/c2ccccc2)C1. The third-order valence-corrected chi connectivity index (χ3v) is 3.12. The Morgan fingerprint density at radius 2 is 1.90 bits per heavy atom. The summed E-state index contributed by atoms with van der Waals surface area (Å²) in [4.78, 5) is 25.7. The number of carbonyl (C=O) groups excluding carboxylic acids is 2. The van der Waals surface area contributed by atoms with Crippen molar-refractivity contribution in [3.8, 4) is 0 Å². The van der Waals surface area contributed by atoms with Gasteiger partial charge >= 0.3 is 6.09 Å². The van der Waals surface area contributed by atoms with Crippen LogP contribution in [0.15, 0.2) is 35.9 Å². The van der Waals surface area contributed by atoms with Gasteiger partial charge < -0.3 is 9.64 Å². The van der Waals surface area contributed by atoms with Gasteiger partial charge in [-0.2, -0.15) is 0 Å². The Morgan fingerprint density at radius 1 is 1.24 bits per heavy atom. The molecule has 0 aliphatic carbocycles. The van der Waals surface area contributed by atoms with E-state index in [1.54, 1.807) is 4.90 Å². The second kappa shape index (κ2) is 6.12. The van der Waals surface area contributed by atoms with Gasteiger partial charge in [0.05, 0.1) is 6.54 Å². The lowest BCUT2D eigenvalue weighted by Crippen LogP contribution is -2.42. The van der Waals surface area contributed by atoms with Crippen molar-refractivity contribution in [2.24, 2.45) is 0 Å². The van der Waals surface area contributed by atoms with Crippen LogP contribution in [0.5, 0.6) is 0 Å². The van der Waals surface area contributed by atoms with E-state index >= 15 is 0 Å². The fraction of sp³-hybridized carbons (Fsp3) is 0.412. The molecule has 0 radical (unpaired) electrons. The summed E-state index contributed by atoms with van der Waals surface area (Å²) in [5, 5.41) is 0. The minimum atomic E-state index is -0.526. The molecule has 0 unspecified atom stereocenters. The van der Waals surface area contributed by atoms with Crippen LogP contribution in [0.2, 0.25) is 0 Å². The summed E-state index contributed by atoms with van der Waals surface area (Å²) < 4.78 is 5.36. The summed E-state index contributed by atoms with van der Waals surface area (Å²) in [5.74, 6) is 0.0960. The highest BCUT2D eigenvalue weighted by atomic mass is 16.6. The molecule has 4 heteroatoms. The first kappa shape index (κ1) is 15.3. The molecule has 21 heavy (non-hydrogen) atoms. The van der Waals surface area contributed by atoms with Crippen molar-refractivity contribution in [2.45, 2.75) is 32.8 Å². The number of ketones is 1. The van der Waals surface area contributed by atoms with Crippen molar-refractivity contribution >= 4 is 18.0 Å². The van der Waals surface area contributed by atoms with Gasteiger partial charge in [-0.05, 0) is 32.4 Å². The highest BCUT2D eigenvalue weighted by Gasteiger charge is 2.28. The molecule has 1 fully saturated rings. The van der Waals surface area contributed by atoms with E-state index in [-0.39, 0.29) is 11.9 Å². The van der Waals surface area contributed by atoms with Gasteiger partial charge in [-0.25, -0.2) is 4.79 Å². The third-order valence-electron chi connectivity index (χ3n) is 3.12. The smallest absolute Gasteiger partial charge is 0.410 e. The Hall–Kier alpha value is -2.10. The second-order valence-electron chi connectivity index (χ2n) is 6.16. The van der Waals surface area contributed by atoms with E-state index in [1.165, 1.54) is 0 Å². The average Bonchev–Trinajstić information content (AvgIpc) is 2.40. The largest absolute Gasteiger partial charge is 0.444 e. The van der Waals surface area contributed by atoms with Crippen molar-refractivity contribution < 1.29 is 14.3 Å². The summed E-state index contributed by atoms with van der Waals surface area (Å²) in [6, 6.07) is 9.65. The lowest BCUT2D eigenvalue weighted by Gasteiger charge is -2.30. The third kappa shape index (κ3) is 4.45. The van der Waals surface area contributed by atoms with Crippen molar-refractivity contribution in [2.75, 3.05) is 13.1 Å². The zero-order valence-electron chi connectivity index (χ0n) is 12.8. The zero-order chi connectivity index (χ0) is 15.5. The molecule has 0 bridgehead atoms. The van der Waals surface area contributed by atoms with Gasteiger partial charge in [0.25, 0.3) is 0 Å². The molecule has 1 aliphatic heterocycles. The summed E-state index contributed by atoms with van der Waals surface area (Å²) in [5.41, 5.74) is 1.09. The number of rotatable bonds is 1. The highest BCUT2D eigenvalue weighted by Crippen LogP contribution is 2.18. The molecule has 112 valence electrons. The minimum Gasteiger partial charge on any atom is -0.444 e. The average molecular weight is 287 g/mol. The maximum Gasteiger partial charge on any atom is 0.410 e. The first-order valence-corrected chi connectivity index (χ1v) is 7.12. The second-order valence-corrected chi connectivity index (χ2v) is 6.16. The van der Waals surface area contributed by atoms with Crippen molar-refractivity contribution in [1.82, 2.24) is 4.90 Å². The van der Waals surface area contributed by atoms with Gasteiger partial charge in [-0.3, -0.25) is 4.79 Å². The van der Waals surface area contributed by atoms with Gasteiger partial charge in [0.2, 0.25) is 0 Å². The van der Waals surface area contributed by atoms with Crippen LogP contribution in [0, 0.1) is 0 Å². The highest BCUT2D eigenvalue weighted by molar-refractivity contribution is 6.01. The van der Waals surface area contributed by atoms with Crippen molar-refractivity contribution in [3.05, 3.63) is 41.5 Å². The van der Waals surface area contributed by atoms with E-state index in [0.29, 0.717) is 25.1 Å². The van der Waals surface area contributed by atoms with Crippen LogP contribution in [0.25, 0.3) is 6.08 Å². The first-order chi connectivity index (χ1) is 9.85. The molecule has 1 heterocycles. The Morgan fingerprint density at radius 3 is 2.52 bits per heavy atom. The fourth-order valence-corrected chi connectivity index (χ4v) is 2.13.